The van der Waals surface area contributed by atoms with E-state index in [-0.39, 0.29) is 11.8 Å². The van der Waals surface area contributed by atoms with Crippen LogP contribution in [0.15, 0.2) is 29.3 Å². The van der Waals surface area contributed by atoms with Gasteiger partial charge >= 0.3 is 6.18 Å². The van der Waals surface area contributed by atoms with Gasteiger partial charge in [-0.05, 0) is 37.9 Å². The van der Waals surface area contributed by atoms with E-state index in [0.717, 1.165) is 50.8 Å². The van der Waals surface area contributed by atoms with E-state index < -0.39 is 17.4 Å². The molecule has 0 spiro atoms. The molecule has 2 fully saturated rings. The highest BCUT2D eigenvalue weighted by Crippen LogP contribution is 2.31. The third-order valence-corrected chi connectivity index (χ3v) is 6.29. The van der Waals surface area contributed by atoms with Crippen molar-refractivity contribution in [3.05, 3.63) is 52.0 Å². The number of aromatic nitrogens is 3. The summed E-state index contributed by atoms with van der Waals surface area (Å²) in [6.45, 7) is 3.23. The number of nitrogens with one attached hydrogen (secondary N) is 2. The van der Waals surface area contributed by atoms with Crippen LogP contribution in [-0.4, -0.2) is 65.0 Å². The smallest absolute Gasteiger partial charge is 0.370 e. The Morgan fingerprint density at radius 3 is 2.47 bits per heavy atom. The summed E-state index contributed by atoms with van der Waals surface area (Å²) in [6, 6.07) is 3.99. The normalized spacial score (nSPS) is 20.5. The Morgan fingerprint density at radius 1 is 1.12 bits per heavy atom. The topological polar surface area (TPSA) is 94.2 Å². The number of alkyl halides is 3. The van der Waals surface area contributed by atoms with Gasteiger partial charge in [-0.3, -0.25) is 14.5 Å². The molecule has 1 atom stereocenters. The van der Waals surface area contributed by atoms with Gasteiger partial charge in [-0.15, -0.1) is 0 Å². The summed E-state index contributed by atoms with van der Waals surface area (Å²) < 4.78 is 38.3. The van der Waals surface area contributed by atoms with E-state index in [1.165, 1.54) is 0 Å². The number of aromatic amines is 1. The molecule has 2 aromatic heterocycles. The van der Waals surface area contributed by atoms with Crippen LogP contribution in [0.25, 0.3) is 0 Å². The molecule has 8 nitrogen and oxygen atoms in total. The first-order valence-electron chi connectivity index (χ1n) is 10.6. The Kier molecular flexibility index (Phi) is 6.18. The van der Waals surface area contributed by atoms with E-state index in [9.17, 15) is 22.8 Å². The van der Waals surface area contributed by atoms with Gasteiger partial charge in [-0.2, -0.15) is 13.2 Å². The fourth-order valence-electron chi connectivity index (χ4n) is 4.52. The van der Waals surface area contributed by atoms with Gasteiger partial charge in [0.1, 0.15) is 5.69 Å². The maximum Gasteiger partial charge on any atom is 0.438 e. The van der Waals surface area contributed by atoms with E-state index in [0.29, 0.717) is 24.0 Å². The summed E-state index contributed by atoms with van der Waals surface area (Å²) in [5.74, 6) is -0.250. The number of H-pyrrole nitrogens is 1. The number of pyridine rings is 1. The molecule has 2 aromatic rings. The second-order valence-corrected chi connectivity index (χ2v) is 8.19. The summed E-state index contributed by atoms with van der Waals surface area (Å²) in [7, 11) is 1.57. The molecule has 0 aromatic carbocycles. The highest BCUT2D eigenvalue weighted by molar-refractivity contribution is 5.92. The van der Waals surface area contributed by atoms with Crippen molar-refractivity contribution in [2.45, 2.75) is 37.4 Å². The third-order valence-electron chi connectivity index (χ3n) is 6.29. The number of nitrogens with zero attached hydrogens (tertiary/aromatic N) is 4. The molecule has 172 valence electrons. The van der Waals surface area contributed by atoms with E-state index in [2.05, 4.69) is 30.1 Å². The van der Waals surface area contributed by atoms with Crippen molar-refractivity contribution >= 4 is 11.6 Å². The SMILES string of the molecule is CNC(=O)c1ccc(N2CCC(N3CCC(c4cnc(C(F)(F)F)c(=O)[nH]4)C3)CC2)cn1. The number of hydrogen-bond acceptors (Lipinski definition) is 6. The number of anilines is 1. The third kappa shape index (κ3) is 4.62. The molecule has 1 amide bonds. The summed E-state index contributed by atoms with van der Waals surface area (Å²) in [5, 5.41) is 2.55. The summed E-state index contributed by atoms with van der Waals surface area (Å²) in [4.78, 5) is 38.0. The van der Waals surface area contributed by atoms with Crippen molar-refractivity contribution in [1.29, 1.82) is 0 Å². The van der Waals surface area contributed by atoms with Crippen molar-refractivity contribution in [3.8, 4) is 0 Å². The molecule has 4 rings (SSSR count). The maximum absolute atomic E-state index is 12.8. The molecule has 0 aliphatic carbocycles. The second kappa shape index (κ2) is 8.89. The van der Waals surface area contributed by atoms with Gasteiger partial charge in [0, 0.05) is 50.5 Å². The zero-order valence-corrected chi connectivity index (χ0v) is 17.7. The molecule has 32 heavy (non-hydrogen) atoms. The van der Waals surface area contributed by atoms with Gasteiger partial charge in [0.05, 0.1) is 11.9 Å². The van der Waals surface area contributed by atoms with Crippen LogP contribution in [0.5, 0.6) is 0 Å². The number of likely N-dealkylation sites (tertiary alicyclic amines) is 1. The summed E-state index contributed by atoms with van der Waals surface area (Å²) >= 11 is 0. The molecule has 0 radical (unpaired) electrons. The lowest BCUT2D eigenvalue weighted by atomic mass is 10.0. The minimum absolute atomic E-state index is 0.0306. The highest BCUT2D eigenvalue weighted by atomic mass is 19.4. The maximum atomic E-state index is 12.8. The van der Waals surface area contributed by atoms with Crippen molar-refractivity contribution in [1.82, 2.24) is 25.2 Å². The molecule has 1 unspecified atom stereocenters. The average Bonchev–Trinajstić information content (AvgIpc) is 3.28. The first-order valence-corrected chi connectivity index (χ1v) is 10.6. The fourth-order valence-corrected chi connectivity index (χ4v) is 4.52. The predicted molar refractivity (Wildman–Crippen MR) is 112 cm³/mol. The number of piperidine rings is 1. The van der Waals surface area contributed by atoms with Gasteiger partial charge in [-0.25, -0.2) is 9.97 Å². The number of hydrogen-bond donors (Lipinski definition) is 2. The summed E-state index contributed by atoms with van der Waals surface area (Å²) in [6.07, 6.45) is 0.784. The summed E-state index contributed by atoms with van der Waals surface area (Å²) in [5.41, 5.74) is -0.766. The van der Waals surface area contributed by atoms with Crippen molar-refractivity contribution in [3.63, 3.8) is 0 Å². The van der Waals surface area contributed by atoms with E-state index in [1.807, 2.05) is 6.07 Å². The van der Waals surface area contributed by atoms with Crippen LogP contribution >= 0.6 is 0 Å². The van der Waals surface area contributed by atoms with Crippen molar-refractivity contribution in [2.24, 2.45) is 0 Å². The number of halogens is 3. The first-order chi connectivity index (χ1) is 15.3. The zero-order chi connectivity index (χ0) is 22.9. The Bertz CT molecular complexity index is 1020. The molecule has 11 heteroatoms. The first kappa shape index (κ1) is 22.3. The number of carbonyl (C=O) groups excluding carboxylic acids is 1. The van der Waals surface area contributed by atoms with Crippen LogP contribution in [0.4, 0.5) is 18.9 Å². The van der Waals surface area contributed by atoms with Crippen LogP contribution in [0.3, 0.4) is 0 Å². The zero-order valence-electron chi connectivity index (χ0n) is 17.7. The van der Waals surface area contributed by atoms with Crippen molar-refractivity contribution < 1.29 is 18.0 Å². The molecule has 2 aliphatic rings. The lowest BCUT2D eigenvalue weighted by Gasteiger charge is -2.37. The van der Waals surface area contributed by atoms with Gasteiger partial charge in [0.25, 0.3) is 11.5 Å². The standard InChI is InChI=1S/C21H25F3N6O2/c1-25-19(31)16-3-2-15(10-26-16)29-8-5-14(6-9-29)30-7-4-13(12-30)17-11-27-18(20(32)28-17)21(22,23)24/h2-3,10-11,13-14H,4-9,12H2,1H3,(H,25,31)(H,28,32). The molecular formula is C21H25F3N6O2. The van der Waals surface area contributed by atoms with Crippen LogP contribution < -0.4 is 15.8 Å². The minimum Gasteiger partial charge on any atom is -0.370 e. The lowest BCUT2D eigenvalue weighted by molar-refractivity contribution is -0.142. The largest absolute Gasteiger partial charge is 0.438 e. The average molecular weight is 450 g/mol. The van der Waals surface area contributed by atoms with Gasteiger partial charge in [0.2, 0.25) is 5.69 Å². The van der Waals surface area contributed by atoms with Gasteiger partial charge < -0.3 is 15.2 Å². The van der Waals surface area contributed by atoms with Gasteiger partial charge in [-0.1, -0.05) is 0 Å². The number of rotatable bonds is 4. The fraction of sp³-hybridized carbons (Fsp3) is 0.524. The Hall–Kier alpha value is -2.95. The van der Waals surface area contributed by atoms with Crippen LogP contribution in [0.1, 0.15) is 47.1 Å². The minimum atomic E-state index is -4.75. The Balaban J connectivity index is 1.33. The molecule has 2 N–H and O–H groups in total. The second-order valence-electron chi connectivity index (χ2n) is 8.19. The number of amides is 1. The quantitative estimate of drug-likeness (QED) is 0.740. The van der Waals surface area contributed by atoms with Crippen molar-refractivity contribution in [2.75, 3.05) is 38.1 Å². The van der Waals surface area contributed by atoms with E-state index >= 15 is 0 Å². The van der Waals surface area contributed by atoms with Gasteiger partial charge in [0.15, 0.2) is 0 Å². The molecular weight excluding hydrogens is 425 g/mol. The van der Waals surface area contributed by atoms with E-state index in [1.54, 1.807) is 19.3 Å². The molecule has 2 aliphatic heterocycles. The van der Waals surface area contributed by atoms with Crippen LogP contribution in [0.2, 0.25) is 0 Å². The Labute approximate surface area is 182 Å². The van der Waals surface area contributed by atoms with Crippen LogP contribution in [-0.2, 0) is 6.18 Å². The van der Waals surface area contributed by atoms with Crippen LogP contribution in [0, 0.1) is 0 Å². The molecule has 2 saturated heterocycles. The number of carbonyl (C=O) groups is 1. The predicted octanol–water partition coefficient (Wildman–Crippen LogP) is 2.00. The highest BCUT2D eigenvalue weighted by Gasteiger charge is 2.37. The monoisotopic (exact) mass is 450 g/mol. The lowest BCUT2D eigenvalue weighted by Crippen LogP contribution is -2.44. The molecule has 4 heterocycles. The molecule has 0 saturated carbocycles. The van der Waals surface area contributed by atoms with E-state index in [4.69, 9.17) is 0 Å². The molecule has 0 bridgehead atoms. The Morgan fingerprint density at radius 2 is 1.88 bits per heavy atom.